The Balaban J connectivity index is 2.41. The molecule has 0 bridgehead atoms. The first-order valence-electron chi connectivity index (χ1n) is 7.30. The molecule has 5 nitrogen and oxygen atoms in total. The molecule has 2 rings (SSSR count). The summed E-state index contributed by atoms with van der Waals surface area (Å²) >= 11 is 0. The Bertz CT molecular complexity index is 824. The zero-order chi connectivity index (χ0) is 20.5. The molecule has 0 amide bonds. The van der Waals surface area contributed by atoms with Gasteiger partial charge in [0.05, 0.1) is 23.8 Å². The van der Waals surface area contributed by atoms with Gasteiger partial charge in [0.2, 0.25) is 0 Å². The normalized spacial score (nSPS) is 12.7. The van der Waals surface area contributed by atoms with E-state index in [1.807, 2.05) is 0 Å². The van der Waals surface area contributed by atoms with E-state index in [1.165, 1.54) is 12.1 Å². The van der Waals surface area contributed by atoms with E-state index in [0.717, 1.165) is 31.5 Å². The Labute approximate surface area is 153 Å². The molecule has 1 aromatic carbocycles. The minimum atomic E-state index is -4.63. The van der Waals surface area contributed by atoms with E-state index in [-0.39, 0.29) is 0 Å². The largest absolute Gasteiger partial charge is 0.500 e. The summed E-state index contributed by atoms with van der Waals surface area (Å²) in [5, 5.41) is 1.00. The third-order valence-corrected chi connectivity index (χ3v) is 3.39. The van der Waals surface area contributed by atoms with Crippen molar-refractivity contribution in [2.75, 3.05) is 7.11 Å². The molecule has 27 heavy (non-hydrogen) atoms. The lowest BCUT2D eigenvalue weighted by Crippen LogP contribution is -2.39. The minimum Gasteiger partial charge on any atom is -0.500 e. The van der Waals surface area contributed by atoms with E-state index in [2.05, 4.69) is 9.84 Å². The number of ether oxygens (including phenoxy) is 2. The van der Waals surface area contributed by atoms with Gasteiger partial charge in [-0.25, -0.2) is 4.79 Å². The average molecular weight is 384 g/mol. The number of alkyl halides is 5. The molecular formula is C15H11B2F5N2O3. The molecule has 1 heterocycles. The van der Waals surface area contributed by atoms with Gasteiger partial charge in [-0.1, -0.05) is 12.1 Å². The molecule has 1 aromatic heterocycles. The van der Waals surface area contributed by atoms with Crippen LogP contribution in [0.5, 0.6) is 5.75 Å². The molecule has 0 spiro atoms. The molecule has 0 unspecified atom stereocenters. The van der Waals surface area contributed by atoms with Gasteiger partial charge in [0.25, 0.3) is 0 Å². The van der Waals surface area contributed by atoms with Gasteiger partial charge in [0, 0.05) is 6.20 Å². The first-order valence-corrected chi connectivity index (χ1v) is 7.30. The summed E-state index contributed by atoms with van der Waals surface area (Å²) < 4.78 is 76.0. The fourth-order valence-electron chi connectivity index (χ4n) is 2.25. The maximum Gasteiger partial charge on any atom is 0.408 e. The summed E-state index contributed by atoms with van der Waals surface area (Å²) in [5.41, 5.74) is -1.34. The van der Waals surface area contributed by atoms with E-state index in [9.17, 15) is 26.7 Å². The smallest absolute Gasteiger partial charge is 0.408 e. The number of benzene rings is 1. The standard InChI is InChI=1S/C15H11B2F5N2O3/c1-26-12(25)14(21,22)9-4-2-3-5-10(9)27-15(16,17)11-6-7-23-24(11)8-13(18,19)20/h2-7H,8H2,1H3. The van der Waals surface area contributed by atoms with Crippen molar-refractivity contribution in [2.45, 2.75) is 24.0 Å². The van der Waals surface area contributed by atoms with Crippen LogP contribution in [0.15, 0.2) is 36.5 Å². The topological polar surface area (TPSA) is 53.4 Å². The number of halogens is 5. The van der Waals surface area contributed by atoms with Crippen molar-refractivity contribution in [1.82, 2.24) is 9.78 Å². The van der Waals surface area contributed by atoms with Crippen molar-refractivity contribution in [2.24, 2.45) is 0 Å². The van der Waals surface area contributed by atoms with Gasteiger partial charge in [-0.3, -0.25) is 4.68 Å². The molecule has 0 aliphatic carbocycles. The van der Waals surface area contributed by atoms with Crippen LogP contribution >= 0.6 is 0 Å². The Morgan fingerprint density at radius 2 is 1.78 bits per heavy atom. The van der Waals surface area contributed by atoms with Crippen LogP contribution in [0.3, 0.4) is 0 Å². The second-order valence-corrected chi connectivity index (χ2v) is 5.45. The summed E-state index contributed by atoms with van der Waals surface area (Å²) in [6, 6.07) is 5.43. The predicted octanol–water partition coefficient (Wildman–Crippen LogP) is 2.24. The number of aromatic nitrogens is 2. The SMILES string of the molecule is [B]C([B])(Oc1ccccc1C(F)(F)C(=O)OC)c1ccnn1CC(F)(F)F. The summed E-state index contributed by atoms with van der Waals surface area (Å²) in [4.78, 5) is 11.4. The van der Waals surface area contributed by atoms with E-state index in [1.54, 1.807) is 0 Å². The number of para-hydroxylation sites is 1. The molecule has 0 atom stereocenters. The first-order chi connectivity index (χ1) is 12.4. The number of methoxy groups -OCH3 is 1. The van der Waals surface area contributed by atoms with Crippen molar-refractivity contribution in [1.29, 1.82) is 0 Å². The van der Waals surface area contributed by atoms with Crippen molar-refractivity contribution in [3.8, 4) is 5.75 Å². The monoisotopic (exact) mass is 384 g/mol. The van der Waals surface area contributed by atoms with Crippen molar-refractivity contribution >= 4 is 21.7 Å². The highest BCUT2D eigenvalue weighted by molar-refractivity contribution is 6.38. The van der Waals surface area contributed by atoms with E-state index >= 15 is 0 Å². The minimum absolute atomic E-state index is 0.420. The van der Waals surface area contributed by atoms with E-state index in [4.69, 9.17) is 20.4 Å². The molecule has 0 fully saturated rings. The van der Waals surface area contributed by atoms with Crippen LogP contribution in [0.4, 0.5) is 22.0 Å². The number of hydrogen-bond donors (Lipinski definition) is 0. The van der Waals surface area contributed by atoms with Gasteiger partial charge < -0.3 is 9.47 Å². The number of nitrogens with zero attached hydrogens (tertiary/aromatic N) is 2. The molecule has 0 saturated heterocycles. The van der Waals surface area contributed by atoms with Gasteiger partial charge in [-0.15, -0.1) is 0 Å². The maximum absolute atomic E-state index is 14.2. The number of esters is 1. The summed E-state index contributed by atoms with van der Waals surface area (Å²) in [6.07, 6.45) is -3.64. The van der Waals surface area contributed by atoms with Crippen LogP contribution in [0, 0.1) is 0 Å². The molecule has 0 aliphatic rings. The maximum atomic E-state index is 14.2. The third-order valence-electron chi connectivity index (χ3n) is 3.39. The van der Waals surface area contributed by atoms with Gasteiger partial charge >= 0.3 is 18.1 Å². The van der Waals surface area contributed by atoms with E-state index in [0.29, 0.717) is 4.68 Å². The zero-order valence-electron chi connectivity index (χ0n) is 13.8. The van der Waals surface area contributed by atoms with Crippen LogP contribution in [-0.4, -0.2) is 44.7 Å². The molecule has 0 aliphatic heterocycles. The van der Waals surface area contributed by atoms with E-state index < -0.39 is 47.0 Å². The van der Waals surface area contributed by atoms with Crippen LogP contribution in [0.2, 0.25) is 0 Å². The fourth-order valence-corrected chi connectivity index (χ4v) is 2.25. The predicted molar refractivity (Wildman–Crippen MR) is 84.4 cm³/mol. The van der Waals surface area contributed by atoms with Crippen molar-refractivity contribution in [3.05, 3.63) is 47.8 Å². The molecule has 4 radical (unpaired) electrons. The van der Waals surface area contributed by atoms with Gasteiger partial charge in [-0.2, -0.15) is 27.1 Å². The van der Waals surface area contributed by atoms with Crippen LogP contribution in [0.1, 0.15) is 11.3 Å². The summed E-state index contributed by atoms with van der Waals surface area (Å²) in [6.45, 7) is -1.52. The molecule has 0 N–H and O–H groups in total. The molecule has 0 saturated carbocycles. The quantitative estimate of drug-likeness (QED) is 0.436. The highest BCUT2D eigenvalue weighted by Gasteiger charge is 2.45. The Morgan fingerprint density at radius 1 is 1.15 bits per heavy atom. The molecule has 12 heteroatoms. The summed E-state index contributed by atoms with van der Waals surface area (Å²) in [7, 11) is 12.2. The van der Waals surface area contributed by atoms with Crippen LogP contribution < -0.4 is 4.74 Å². The lowest BCUT2D eigenvalue weighted by molar-refractivity contribution is -0.170. The Kier molecular flexibility index (Phi) is 5.58. The first kappa shape index (κ1) is 20.8. The lowest BCUT2D eigenvalue weighted by atomic mass is 9.63. The average Bonchev–Trinajstić information content (AvgIpc) is 3.01. The second kappa shape index (κ2) is 7.24. The molecule has 2 aromatic rings. The Hall–Kier alpha value is -2.52. The zero-order valence-corrected chi connectivity index (χ0v) is 13.8. The van der Waals surface area contributed by atoms with Crippen molar-refractivity contribution < 1.29 is 36.2 Å². The lowest BCUT2D eigenvalue weighted by Gasteiger charge is -2.31. The number of carbonyl (C=O) groups excluding carboxylic acids is 1. The van der Waals surface area contributed by atoms with Gasteiger partial charge in [0.1, 0.15) is 28.0 Å². The highest BCUT2D eigenvalue weighted by atomic mass is 19.4. The molecular weight excluding hydrogens is 373 g/mol. The fraction of sp³-hybridized carbons (Fsp3) is 0.333. The van der Waals surface area contributed by atoms with Crippen LogP contribution in [-0.2, 0) is 27.4 Å². The Morgan fingerprint density at radius 3 is 2.37 bits per heavy atom. The second-order valence-electron chi connectivity index (χ2n) is 5.45. The highest BCUT2D eigenvalue weighted by Crippen LogP contribution is 2.38. The van der Waals surface area contributed by atoms with Crippen molar-refractivity contribution in [3.63, 3.8) is 0 Å². The number of hydrogen-bond acceptors (Lipinski definition) is 4. The number of rotatable bonds is 6. The summed E-state index contributed by atoms with van der Waals surface area (Å²) in [5.74, 6) is -6.58. The van der Waals surface area contributed by atoms with Crippen LogP contribution in [0.25, 0.3) is 0 Å². The number of carbonyl (C=O) groups is 1. The van der Waals surface area contributed by atoms with Gasteiger partial charge in [0.15, 0.2) is 0 Å². The molecule has 140 valence electrons. The van der Waals surface area contributed by atoms with Gasteiger partial charge in [-0.05, 0) is 18.2 Å². The third kappa shape index (κ3) is 4.61.